The summed E-state index contributed by atoms with van der Waals surface area (Å²) < 4.78 is 19.0. The van der Waals surface area contributed by atoms with E-state index >= 15 is 0 Å². The second kappa shape index (κ2) is 6.68. The average molecular weight is 319 g/mol. The van der Waals surface area contributed by atoms with Gasteiger partial charge in [0.05, 0.1) is 18.8 Å². The lowest BCUT2D eigenvalue weighted by molar-refractivity contribution is 0.120. The lowest BCUT2D eigenvalue weighted by atomic mass is 10.0. The van der Waals surface area contributed by atoms with E-state index in [1.165, 1.54) is 6.20 Å². The van der Waals surface area contributed by atoms with Crippen LogP contribution in [0, 0.1) is 0 Å². The first kappa shape index (κ1) is 16.0. The molecule has 2 heterocycles. The number of pyridine rings is 1. The maximum Gasteiger partial charge on any atom is 0.137 e. The summed E-state index contributed by atoms with van der Waals surface area (Å²) in [5, 5.41) is 11.0. The fourth-order valence-electron chi connectivity index (χ4n) is 3.06. The topological polar surface area (TPSA) is 71.6 Å². The molecule has 0 radical (unpaired) electrons. The molecule has 0 bridgehead atoms. The number of alkyl halides is 1. The molecule has 2 aromatic rings. The normalized spacial score (nSPS) is 22.4. The summed E-state index contributed by atoms with van der Waals surface area (Å²) in [5.41, 5.74) is 7.34. The molecule has 6 heteroatoms. The molecular weight excluding hydrogens is 297 g/mol. The zero-order valence-electron chi connectivity index (χ0n) is 13.2. The van der Waals surface area contributed by atoms with E-state index < -0.39 is 6.17 Å². The van der Waals surface area contributed by atoms with Gasteiger partial charge < -0.3 is 15.6 Å². The molecule has 0 aliphatic carbocycles. The number of fused-ring (bicyclic) bond motifs is 1. The van der Waals surface area contributed by atoms with Gasteiger partial charge in [-0.3, -0.25) is 9.88 Å². The smallest absolute Gasteiger partial charge is 0.137 e. The summed E-state index contributed by atoms with van der Waals surface area (Å²) in [5.74, 6) is 0.884. The van der Waals surface area contributed by atoms with Gasteiger partial charge in [-0.1, -0.05) is 0 Å². The van der Waals surface area contributed by atoms with Crippen LogP contribution in [0.2, 0.25) is 0 Å². The van der Waals surface area contributed by atoms with Gasteiger partial charge in [0, 0.05) is 30.1 Å². The van der Waals surface area contributed by atoms with Crippen LogP contribution in [0.3, 0.4) is 0 Å². The fraction of sp³-hybridized carbons (Fsp3) is 0.471. The molecule has 0 spiro atoms. The molecular formula is C17H22FN3O2. The Labute approximate surface area is 134 Å². The molecule has 3 N–H and O–H groups in total. The highest BCUT2D eigenvalue weighted by atomic mass is 19.1. The second-order valence-electron chi connectivity index (χ2n) is 6.02. The summed E-state index contributed by atoms with van der Waals surface area (Å²) >= 11 is 0. The number of nitrogens with two attached hydrogens (primary N) is 1. The van der Waals surface area contributed by atoms with Gasteiger partial charge in [0.15, 0.2) is 0 Å². The van der Waals surface area contributed by atoms with E-state index in [0.717, 1.165) is 28.8 Å². The van der Waals surface area contributed by atoms with Crippen molar-refractivity contribution in [1.29, 1.82) is 0 Å². The molecule has 1 aliphatic heterocycles. The van der Waals surface area contributed by atoms with Crippen LogP contribution in [0.5, 0.6) is 11.5 Å². The number of piperidine rings is 1. The summed E-state index contributed by atoms with van der Waals surface area (Å²) in [6.07, 6.45) is 1.78. The number of ether oxygens (including phenoxy) is 1. The quantitative estimate of drug-likeness (QED) is 0.900. The summed E-state index contributed by atoms with van der Waals surface area (Å²) in [6.45, 7) is 1.82. The van der Waals surface area contributed by atoms with Crippen molar-refractivity contribution in [2.75, 3.05) is 26.7 Å². The first-order valence-corrected chi connectivity index (χ1v) is 7.85. The maximum atomic E-state index is 13.7. The van der Waals surface area contributed by atoms with Crippen LogP contribution in [0.1, 0.15) is 12.0 Å². The molecule has 2 atom stereocenters. The van der Waals surface area contributed by atoms with Crippen LogP contribution in [0.4, 0.5) is 4.39 Å². The first-order valence-electron chi connectivity index (χ1n) is 7.85. The van der Waals surface area contributed by atoms with Gasteiger partial charge in [-0.25, -0.2) is 4.39 Å². The number of aromatic hydroxyl groups is 1. The Kier molecular flexibility index (Phi) is 4.63. The summed E-state index contributed by atoms with van der Waals surface area (Å²) in [4.78, 5) is 6.29. The minimum Gasteiger partial charge on any atom is -0.506 e. The van der Waals surface area contributed by atoms with Crippen molar-refractivity contribution in [3.05, 3.63) is 30.0 Å². The van der Waals surface area contributed by atoms with Gasteiger partial charge >= 0.3 is 0 Å². The molecule has 0 unspecified atom stereocenters. The van der Waals surface area contributed by atoms with Crippen molar-refractivity contribution in [3.63, 3.8) is 0 Å². The molecule has 124 valence electrons. The molecule has 0 saturated carbocycles. The van der Waals surface area contributed by atoms with E-state index in [4.69, 9.17) is 10.5 Å². The van der Waals surface area contributed by atoms with Gasteiger partial charge in [0.25, 0.3) is 0 Å². The number of halogens is 1. The van der Waals surface area contributed by atoms with E-state index in [9.17, 15) is 9.50 Å². The highest BCUT2D eigenvalue weighted by Crippen LogP contribution is 2.29. The second-order valence-corrected chi connectivity index (χ2v) is 6.02. The Morgan fingerprint density at radius 3 is 3.04 bits per heavy atom. The van der Waals surface area contributed by atoms with Gasteiger partial charge in [-0.2, -0.15) is 0 Å². The zero-order chi connectivity index (χ0) is 16.4. The van der Waals surface area contributed by atoms with Crippen molar-refractivity contribution < 1.29 is 14.2 Å². The standard InChI is InChI=1S/C17H22FN3O2/c1-23-11-2-3-16-13(8-11)12(17(22)9-20-16)4-6-21-7-5-15(19)14(18)10-21/h2-3,8-9,14-15,22H,4-7,10,19H2,1H3/t14-,15+/m0/s1. The van der Waals surface area contributed by atoms with E-state index in [2.05, 4.69) is 9.88 Å². The Morgan fingerprint density at radius 2 is 2.30 bits per heavy atom. The molecule has 3 rings (SSSR count). The molecule has 23 heavy (non-hydrogen) atoms. The predicted octanol–water partition coefficient (Wildman–Crippen LogP) is 1.86. The molecule has 1 fully saturated rings. The number of rotatable bonds is 4. The number of benzene rings is 1. The number of nitrogens with zero attached hydrogens (tertiary/aromatic N) is 2. The number of aromatic nitrogens is 1. The van der Waals surface area contributed by atoms with E-state index in [0.29, 0.717) is 25.9 Å². The van der Waals surface area contributed by atoms with E-state index in [-0.39, 0.29) is 11.8 Å². The largest absolute Gasteiger partial charge is 0.506 e. The van der Waals surface area contributed by atoms with Crippen LogP contribution in [0.15, 0.2) is 24.4 Å². The Bertz CT molecular complexity index is 695. The Morgan fingerprint density at radius 1 is 1.48 bits per heavy atom. The van der Waals surface area contributed by atoms with Crippen LogP contribution in [-0.4, -0.2) is 53.9 Å². The lowest BCUT2D eigenvalue weighted by Gasteiger charge is -2.32. The predicted molar refractivity (Wildman–Crippen MR) is 87.6 cm³/mol. The van der Waals surface area contributed by atoms with Crippen molar-refractivity contribution in [3.8, 4) is 11.5 Å². The van der Waals surface area contributed by atoms with Crippen molar-refractivity contribution in [1.82, 2.24) is 9.88 Å². The first-order chi connectivity index (χ1) is 11.1. The third-order valence-electron chi connectivity index (χ3n) is 4.52. The van der Waals surface area contributed by atoms with E-state index in [1.807, 2.05) is 18.2 Å². The molecule has 1 aromatic heterocycles. The number of likely N-dealkylation sites (tertiary alicyclic amines) is 1. The zero-order valence-corrected chi connectivity index (χ0v) is 13.2. The van der Waals surface area contributed by atoms with Gasteiger partial charge in [0.1, 0.15) is 17.7 Å². The molecule has 5 nitrogen and oxygen atoms in total. The third kappa shape index (κ3) is 3.38. The minimum absolute atomic E-state index is 0.163. The number of hydrogen-bond donors (Lipinski definition) is 2. The van der Waals surface area contributed by atoms with Crippen molar-refractivity contribution >= 4 is 10.9 Å². The molecule has 0 amide bonds. The highest BCUT2D eigenvalue weighted by Gasteiger charge is 2.26. The molecule has 1 aromatic carbocycles. The van der Waals surface area contributed by atoms with Crippen molar-refractivity contribution in [2.24, 2.45) is 5.73 Å². The summed E-state index contributed by atoms with van der Waals surface area (Å²) in [7, 11) is 1.61. The van der Waals surface area contributed by atoms with E-state index in [1.54, 1.807) is 7.11 Å². The monoisotopic (exact) mass is 319 g/mol. The minimum atomic E-state index is -0.980. The van der Waals surface area contributed by atoms with Crippen molar-refractivity contribution in [2.45, 2.75) is 25.1 Å². The van der Waals surface area contributed by atoms with Crippen LogP contribution >= 0.6 is 0 Å². The van der Waals surface area contributed by atoms with Crippen LogP contribution in [-0.2, 0) is 6.42 Å². The third-order valence-corrected chi connectivity index (χ3v) is 4.52. The highest BCUT2D eigenvalue weighted by molar-refractivity contribution is 5.85. The number of methoxy groups -OCH3 is 1. The van der Waals surface area contributed by atoms with Crippen LogP contribution < -0.4 is 10.5 Å². The SMILES string of the molecule is COc1ccc2ncc(O)c(CCN3CC[C@@H](N)[C@@H](F)C3)c2c1. The lowest BCUT2D eigenvalue weighted by Crippen LogP contribution is -2.48. The van der Waals surface area contributed by atoms with Gasteiger partial charge in [-0.15, -0.1) is 0 Å². The summed E-state index contributed by atoms with van der Waals surface area (Å²) in [6, 6.07) is 5.23. The molecule has 1 saturated heterocycles. The van der Waals surface area contributed by atoms with Crippen LogP contribution in [0.25, 0.3) is 10.9 Å². The van der Waals surface area contributed by atoms with Gasteiger partial charge in [0.2, 0.25) is 0 Å². The van der Waals surface area contributed by atoms with Gasteiger partial charge in [-0.05, 0) is 37.6 Å². The molecule has 1 aliphatic rings. The maximum absolute atomic E-state index is 13.7. The Hall–Kier alpha value is -1.92. The fourth-order valence-corrected chi connectivity index (χ4v) is 3.06. The number of hydrogen-bond acceptors (Lipinski definition) is 5. The Balaban J connectivity index is 1.80. The average Bonchev–Trinajstić information content (AvgIpc) is 2.56.